The molecule has 0 saturated carbocycles. The van der Waals surface area contributed by atoms with E-state index in [1.165, 1.54) is 71.8 Å². The number of nitrogens with zero attached hydrogens (tertiary/aromatic N) is 3. The minimum absolute atomic E-state index is 1.12. The molecule has 12 rings (SSSR count). The highest BCUT2D eigenvalue weighted by Gasteiger charge is 2.33. The molecule has 0 atom stereocenters. The molecule has 0 radical (unpaired) electrons. The molecule has 2 aromatic heterocycles. The Labute approximate surface area is 342 Å². The molecule has 9 aromatic carbocycles. The zero-order valence-corrected chi connectivity index (χ0v) is 32.2. The minimum Gasteiger partial charge on any atom is -0.309 e. The summed E-state index contributed by atoms with van der Waals surface area (Å²) in [5.74, 6) is 0. The maximum absolute atomic E-state index is 2.48. The average molecular weight is 752 g/mol. The van der Waals surface area contributed by atoms with Crippen molar-refractivity contribution in [1.82, 2.24) is 9.13 Å². The zero-order valence-electron chi connectivity index (χ0n) is 32.2. The summed E-state index contributed by atoms with van der Waals surface area (Å²) in [6, 6.07) is 81.8. The number of anilines is 3. The molecule has 3 nitrogen and oxygen atoms in total. The molecule has 0 bridgehead atoms. The molecule has 0 saturated heterocycles. The molecule has 3 heterocycles. The summed E-state index contributed by atoms with van der Waals surface area (Å²) in [5, 5.41) is 3.75. The highest BCUT2D eigenvalue weighted by molar-refractivity contribution is 6.15. The minimum atomic E-state index is 1.12. The number of hydrogen-bond acceptors (Lipinski definition) is 1. The first-order valence-electron chi connectivity index (χ1n) is 20.3. The Morgan fingerprint density at radius 1 is 0.271 bits per heavy atom. The van der Waals surface area contributed by atoms with Crippen LogP contribution in [0.25, 0.3) is 88.7 Å². The summed E-state index contributed by atoms with van der Waals surface area (Å²) in [4.78, 5) is 2.46. The van der Waals surface area contributed by atoms with Crippen LogP contribution in [-0.4, -0.2) is 9.13 Å². The third kappa shape index (κ3) is 5.15. The van der Waals surface area contributed by atoms with Gasteiger partial charge in [-0.25, -0.2) is 0 Å². The van der Waals surface area contributed by atoms with Gasteiger partial charge in [-0.1, -0.05) is 152 Å². The maximum Gasteiger partial charge on any atom is 0.0647 e. The Morgan fingerprint density at radius 3 is 1.49 bits per heavy atom. The fourth-order valence-corrected chi connectivity index (χ4v) is 9.57. The molecule has 0 fully saturated rings. The summed E-state index contributed by atoms with van der Waals surface area (Å²) in [6.45, 7) is 0. The van der Waals surface area contributed by atoms with Crippen molar-refractivity contribution in [3.05, 3.63) is 224 Å². The van der Waals surface area contributed by atoms with Crippen LogP contribution in [0.3, 0.4) is 0 Å². The molecule has 59 heavy (non-hydrogen) atoms. The summed E-state index contributed by atoms with van der Waals surface area (Å²) in [6.07, 6.45) is 0. The van der Waals surface area contributed by atoms with E-state index in [-0.39, 0.29) is 0 Å². The molecule has 0 amide bonds. The molecular formula is C56H37N3. The predicted octanol–water partition coefficient (Wildman–Crippen LogP) is 15.2. The SMILES string of the molecule is c1ccc(N2c3ccccc3-c3c(n(-c4ccccc4)c4ccccc34)-c3c(-c4cccc(-c5cccc(-n6c7ccccc7c7ccccc76)c5)c4)cccc32)cc1. The van der Waals surface area contributed by atoms with E-state index in [1.807, 2.05) is 0 Å². The molecule has 0 spiro atoms. The largest absolute Gasteiger partial charge is 0.309 e. The summed E-state index contributed by atoms with van der Waals surface area (Å²) >= 11 is 0. The first kappa shape index (κ1) is 33.3. The predicted molar refractivity (Wildman–Crippen MR) is 248 cm³/mol. The van der Waals surface area contributed by atoms with E-state index in [4.69, 9.17) is 0 Å². The Balaban J connectivity index is 1.12. The Hall–Kier alpha value is -7.88. The van der Waals surface area contributed by atoms with E-state index in [9.17, 15) is 0 Å². The Kier molecular flexibility index (Phi) is 7.54. The third-order valence-corrected chi connectivity index (χ3v) is 12.0. The van der Waals surface area contributed by atoms with Crippen molar-refractivity contribution in [2.24, 2.45) is 0 Å². The van der Waals surface area contributed by atoms with Gasteiger partial charge >= 0.3 is 0 Å². The lowest BCUT2D eigenvalue weighted by atomic mass is 9.91. The van der Waals surface area contributed by atoms with Crippen LogP contribution in [0, 0.1) is 0 Å². The number of fused-ring (bicyclic) bond motifs is 10. The van der Waals surface area contributed by atoms with Crippen molar-refractivity contribution < 1.29 is 0 Å². The lowest BCUT2D eigenvalue weighted by molar-refractivity contribution is 1.13. The molecule has 276 valence electrons. The number of benzene rings is 9. The van der Waals surface area contributed by atoms with Gasteiger partial charge in [-0.15, -0.1) is 0 Å². The highest BCUT2D eigenvalue weighted by Crippen LogP contribution is 2.56. The lowest BCUT2D eigenvalue weighted by Gasteiger charge is -2.28. The quantitative estimate of drug-likeness (QED) is 0.171. The van der Waals surface area contributed by atoms with Crippen molar-refractivity contribution in [3.8, 4) is 56.0 Å². The number of para-hydroxylation sites is 6. The van der Waals surface area contributed by atoms with E-state index in [0.717, 1.165) is 34.0 Å². The van der Waals surface area contributed by atoms with Crippen LogP contribution < -0.4 is 4.90 Å². The molecule has 1 aliphatic heterocycles. The summed E-state index contributed by atoms with van der Waals surface area (Å²) in [5.41, 5.74) is 18.8. The second-order valence-electron chi connectivity index (χ2n) is 15.3. The lowest BCUT2D eigenvalue weighted by Crippen LogP contribution is -2.11. The van der Waals surface area contributed by atoms with Crippen molar-refractivity contribution in [2.75, 3.05) is 4.90 Å². The van der Waals surface area contributed by atoms with Crippen molar-refractivity contribution in [3.63, 3.8) is 0 Å². The maximum atomic E-state index is 2.48. The van der Waals surface area contributed by atoms with Crippen LogP contribution >= 0.6 is 0 Å². The van der Waals surface area contributed by atoms with Gasteiger partial charge in [0.15, 0.2) is 0 Å². The molecular weight excluding hydrogens is 715 g/mol. The highest BCUT2D eigenvalue weighted by atomic mass is 15.2. The second kappa shape index (κ2) is 13.4. The van der Waals surface area contributed by atoms with E-state index in [2.05, 4.69) is 238 Å². The van der Waals surface area contributed by atoms with Crippen LogP contribution in [0.4, 0.5) is 17.1 Å². The van der Waals surface area contributed by atoms with Crippen molar-refractivity contribution in [2.45, 2.75) is 0 Å². The van der Waals surface area contributed by atoms with E-state index in [0.29, 0.717) is 0 Å². The van der Waals surface area contributed by atoms with E-state index < -0.39 is 0 Å². The van der Waals surface area contributed by atoms with Gasteiger partial charge in [-0.2, -0.15) is 0 Å². The molecule has 3 heteroatoms. The van der Waals surface area contributed by atoms with Gasteiger partial charge < -0.3 is 14.0 Å². The zero-order chi connectivity index (χ0) is 38.9. The Morgan fingerprint density at radius 2 is 0.763 bits per heavy atom. The molecule has 0 aliphatic carbocycles. The number of rotatable bonds is 5. The fraction of sp³-hybridized carbons (Fsp3) is 0. The van der Waals surface area contributed by atoms with Gasteiger partial charge in [0, 0.05) is 49.9 Å². The standard InChI is InChI=1S/C56H37N3/c1-3-21-41(22-4-1)57-51-33-13-9-28-47(51)54-48-29-10-14-34-52(48)59(42-23-5-2-6-24-42)56(54)55-44(30-17-35-53(55)57)40-20-15-18-38(36-40)39-19-16-25-43(37-39)58-49-31-11-7-26-45(49)46-27-8-12-32-50(46)58/h1-37H. The van der Waals surface area contributed by atoms with E-state index >= 15 is 0 Å². The number of hydrogen-bond donors (Lipinski definition) is 0. The Bertz CT molecular complexity index is 3340. The van der Waals surface area contributed by atoms with Gasteiger partial charge in [-0.3, -0.25) is 0 Å². The first-order valence-corrected chi connectivity index (χ1v) is 20.3. The van der Waals surface area contributed by atoms with Crippen LogP contribution in [0.2, 0.25) is 0 Å². The molecule has 0 N–H and O–H groups in total. The smallest absolute Gasteiger partial charge is 0.0647 e. The van der Waals surface area contributed by atoms with Gasteiger partial charge in [0.1, 0.15) is 0 Å². The average Bonchev–Trinajstić information content (AvgIpc) is 3.79. The van der Waals surface area contributed by atoms with E-state index in [1.54, 1.807) is 0 Å². The summed E-state index contributed by atoms with van der Waals surface area (Å²) < 4.78 is 4.88. The van der Waals surface area contributed by atoms with Gasteiger partial charge in [0.2, 0.25) is 0 Å². The van der Waals surface area contributed by atoms with Gasteiger partial charge in [0.05, 0.1) is 33.6 Å². The molecule has 11 aromatic rings. The monoisotopic (exact) mass is 751 g/mol. The van der Waals surface area contributed by atoms with Crippen LogP contribution in [-0.2, 0) is 0 Å². The third-order valence-electron chi connectivity index (χ3n) is 12.0. The van der Waals surface area contributed by atoms with Gasteiger partial charge in [0.25, 0.3) is 0 Å². The van der Waals surface area contributed by atoms with Gasteiger partial charge in [-0.05, 0) is 95.1 Å². The fourth-order valence-electron chi connectivity index (χ4n) is 9.57. The molecule has 1 aliphatic rings. The number of aromatic nitrogens is 2. The van der Waals surface area contributed by atoms with Crippen molar-refractivity contribution in [1.29, 1.82) is 0 Å². The second-order valence-corrected chi connectivity index (χ2v) is 15.3. The topological polar surface area (TPSA) is 13.1 Å². The first-order chi connectivity index (χ1) is 29.3. The van der Waals surface area contributed by atoms with Crippen LogP contribution in [0.1, 0.15) is 0 Å². The van der Waals surface area contributed by atoms with Crippen LogP contribution in [0.15, 0.2) is 224 Å². The normalized spacial score (nSPS) is 12.0. The van der Waals surface area contributed by atoms with Crippen molar-refractivity contribution >= 4 is 49.8 Å². The molecule has 0 unspecified atom stereocenters. The summed E-state index contributed by atoms with van der Waals surface area (Å²) in [7, 11) is 0. The van der Waals surface area contributed by atoms with Crippen LogP contribution in [0.5, 0.6) is 0 Å².